The lowest BCUT2D eigenvalue weighted by Crippen LogP contribution is -2.37. The van der Waals surface area contributed by atoms with Gasteiger partial charge < -0.3 is 5.32 Å². The van der Waals surface area contributed by atoms with Crippen molar-refractivity contribution in [2.24, 2.45) is 5.92 Å². The molecule has 1 amide bonds. The molecule has 2 N–H and O–H groups in total. The first kappa shape index (κ1) is 19.9. The van der Waals surface area contributed by atoms with E-state index in [1.807, 2.05) is 20.8 Å². The quantitative estimate of drug-likeness (QED) is 0.776. The molecule has 2 rings (SSSR count). The number of hydrogen-bond donors (Lipinski definition) is 2. The molecule has 1 atom stereocenters. The Morgan fingerprint density at radius 2 is 1.58 bits per heavy atom. The summed E-state index contributed by atoms with van der Waals surface area (Å²) in [5, 5.41) is 2.93. The lowest BCUT2D eigenvalue weighted by molar-refractivity contribution is -0.121. The van der Waals surface area contributed by atoms with Crippen molar-refractivity contribution in [1.82, 2.24) is 5.32 Å². The predicted molar refractivity (Wildman–Crippen MR) is 99.8 cm³/mol. The summed E-state index contributed by atoms with van der Waals surface area (Å²) in [4.78, 5) is 12.0. The Kier molecular flexibility index (Phi) is 6.37. The van der Waals surface area contributed by atoms with Crippen LogP contribution < -0.4 is 10.0 Å². The third-order valence-corrected chi connectivity index (χ3v) is 5.48. The van der Waals surface area contributed by atoms with Crippen LogP contribution in [0.25, 0.3) is 0 Å². The van der Waals surface area contributed by atoms with Crippen molar-refractivity contribution < 1.29 is 17.6 Å². The first-order valence-electron chi connectivity index (χ1n) is 8.34. The molecule has 0 aliphatic rings. The van der Waals surface area contributed by atoms with Crippen molar-refractivity contribution in [3.63, 3.8) is 0 Å². The third kappa shape index (κ3) is 5.56. The van der Waals surface area contributed by atoms with Gasteiger partial charge in [0.2, 0.25) is 5.91 Å². The number of benzene rings is 2. The number of sulfonamides is 1. The third-order valence-electron chi connectivity index (χ3n) is 4.08. The monoisotopic (exact) mass is 378 g/mol. The standard InChI is InChI=1S/C19H23FN2O3S/c1-13(2)14(3)21-19(23)12-15-4-8-17(9-5-15)22-26(24,25)18-10-6-16(20)7-11-18/h4-11,13-14,22H,12H2,1-3H3,(H,21,23). The molecule has 0 aliphatic heterocycles. The molecular formula is C19H23FN2O3S. The first-order valence-corrected chi connectivity index (χ1v) is 9.82. The van der Waals surface area contributed by atoms with Gasteiger partial charge in [-0.1, -0.05) is 26.0 Å². The van der Waals surface area contributed by atoms with Gasteiger partial charge in [-0.3, -0.25) is 9.52 Å². The highest BCUT2D eigenvalue weighted by Crippen LogP contribution is 2.17. The molecule has 0 bridgehead atoms. The van der Waals surface area contributed by atoms with Gasteiger partial charge >= 0.3 is 0 Å². The van der Waals surface area contributed by atoms with Gasteiger partial charge in [-0.2, -0.15) is 0 Å². The number of rotatable bonds is 7. The Bertz CT molecular complexity index is 847. The highest BCUT2D eigenvalue weighted by molar-refractivity contribution is 7.92. The molecule has 7 heteroatoms. The smallest absolute Gasteiger partial charge is 0.261 e. The molecule has 0 radical (unpaired) electrons. The number of hydrogen-bond acceptors (Lipinski definition) is 3. The minimum absolute atomic E-state index is 0.0231. The molecule has 0 spiro atoms. The van der Waals surface area contributed by atoms with E-state index in [9.17, 15) is 17.6 Å². The van der Waals surface area contributed by atoms with Crippen molar-refractivity contribution >= 4 is 21.6 Å². The molecule has 1 unspecified atom stereocenters. The molecular weight excluding hydrogens is 355 g/mol. The molecule has 0 fully saturated rings. The lowest BCUT2D eigenvalue weighted by atomic mass is 10.1. The van der Waals surface area contributed by atoms with E-state index in [0.717, 1.165) is 17.7 Å². The second kappa shape index (κ2) is 8.31. The number of anilines is 1. The van der Waals surface area contributed by atoms with Crippen LogP contribution >= 0.6 is 0 Å². The topological polar surface area (TPSA) is 75.3 Å². The fourth-order valence-electron chi connectivity index (χ4n) is 2.18. The van der Waals surface area contributed by atoms with E-state index in [-0.39, 0.29) is 23.3 Å². The van der Waals surface area contributed by atoms with Crippen molar-refractivity contribution in [2.45, 2.75) is 38.1 Å². The molecule has 0 aliphatic carbocycles. The minimum atomic E-state index is -3.79. The molecule has 26 heavy (non-hydrogen) atoms. The average Bonchev–Trinajstić information content (AvgIpc) is 2.56. The Balaban J connectivity index is 2.01. The fourth-order valence-corrected chi connectivity index (χ4v) is 3.23. The number of carbonyl (C=O) groups is 1. The summed E-state index contributed by atoms with van der Waals surface area (Å²) < 4.78 is 39.9. The highest BCUT2D eigenvalue weighted by Gasteiger charge is 2.15. The average molecular weight is 378 g/mol. The largest absolute Gasteiger partial charge is 0.353 e. The maximum Gasteiger partial charge on any atom is 0.261 e. The maximum atomic E-state index is 12.9. The van der Waals surface area contributed by atoms with Crippen LogP contribution in [-0.2, 0) is 21.2 Å². The lowest BCUT2D eigenvalue weighted by Gasteiger charge is -2.17. The Labute approximate surface area is 153 Å². The first-order chi connectivity index (χ1) is 12.2. The second-order valence-corrected chi connectivity index (χ2v) is 8.22. The van der Waals surface area contributed by atoms with Crippen molar-refractivity contribution in [1.29, 1.82) is 0 Å². The molecule has 5 nitrogen and oxygen atoms in total. The second-order valence-electron chi connectivity index (χ2n) is 6.53. The van der Waals surface area contributed by atoms with Crippen molar-refractivity contribution in [3.8, 4) is 0 Å². The van der Waals surface area contributed by atoms with Gasteiger partial charge in [-0.25, -0.2) is 12.8 Å². The number of nitrogens with one attached hydrogen (secondary N) is 2. The Morgan fingerprint density at radius 1 is 1.00 bits per heavy atom. The van der Waals surface area contributed by atoms with Crippen LogP contribution in [0.4, 0.5) is 10.1 Å². The molecule has 2 aromatic rings. The molecule has 0 aromatic heterocycles. The van der Waals surface area contributed by atoms with E-state index < -0.39 is 15.8 Å². The van der Waals surface area contributed by atoms with Crippen molar-refractivity contribution in [2.75, 3.05) is 4.72 Å². The van der Waals surface area contributed by atoms with E-state index in [0.29, 0.717) is 11.6 Å². The van der Waals surface area contributed by atoms with Crippen LogP contribution in [0.1, 0.15) is 26.3 Å². The SMILES string of the molecule is CC(C)C(C)NC(=O)Cc1ccc(NS(=O)(=O)c2ccc(F)cc2)cc1. The van der Waals surface area contributed by atoms with E-state index in [1.165, 1.54) is 12.1 Å². The highest BCUT2D eigenvalue weighted by atomic mass is 32.2. The van der Waals surface area contributed by atoms with Crippen LogP contribution in [0.15, 0.2) is 53.4 Å². The predicted octanol–water partition coefficient (Wildman–Crippen LogP) is 3.33. The van der Waals surface area contributed by atoms with Gasteiger partial charge in [-0.05, 0) is 54.8 Å². The zero-order valence-electron chi connectivity index (χ0n) is 15.0. The summed E-state index contributed by atoms with van der Waals surface area (Å²) in [7, 11) is -3.79. The van der Waals surface area contributed by atoms with E-state index in [1.54, 1.807) is 24.3 Å². The molecule has 0 saturated heterocycles. The van der Waals surface area contributed by atoms with Crippen LogP contribution in [0, 0.1) is 11.7 Å². The summed E-state index contributed by atoms with van der Waals surface area (Å²) in [5.74, 6) is -0.230. The van der Waals surface area contributed by atoms with Gasteiger partial charge in [0, 0.05) is 11.7 Å². The normalized spacial score (nSPS) is 12.7. The molecule has 0 heterocycles. The van der Waals surface area contributed by atoms with Gasteiger partial charge in [0.05, 0.1) is 11.3 Å². The number of halogens is 1. The van der Waals surface area contributed by atoms with Crippen LogP contribution in [0.3, 0.4) is 0 Å². The summed E-state index contributed by atoms with van der Waals surface area (Å²) >= 11 is 0. The van der Waals surface area contributed by atoms with Gasteiger partial charge in [0.25, 0.3) is 10.0 Å². The summed E-state index contributed by atoms with van der Waals surface area (Å²) in [5.41, 5.74) is 1.15. The zero-order chi connectivity index (χ0) is 19.3. The van der Waals surface area contributed by atoms with E-state index >= 15 is 0 Å². The summed E-state index contributed by atoms with van der Waals surface area (Å²) in [6.45, 7) is 6.02. The minimum Gasteiger partial charge on any atom is -0.353 e. The van der Waals surface area contributed by atoms with Crippen LogP contribution in [0.5, 0.6) is 0 Å². The van der Waals surface area contributed by atoms with Crippen molar-refractivity contribution in [3.05, 3.63) is 59.9 Å². The summed E-state index contributed by atoms with van der Waals surface area (Å²) in [6, 6.07) is 11.3. The summed E-state index contributed by atoms with van der Waals surface area (Å²) in [6.07, 6.45) is 0.224. The van der Waals surface area contributed by atoms with Gasteiger partial charge in [0.1, 0.15) is 5.82 Å². The van der Waals surface area contributed by atoms with E-state index in [2.05, 4.69) is 10.0 Å². The fraction of sp³-hybridized carbons (Fsp3) is 0.316. The number of carbonyl (C=O) groups excluding carboxylic acids is 1. The van der Waals surface area contributed by atoms with Gasteiger partial charge in [-0.15, -0.1) is 0 Å². The zero-order valence-corrected chi connectivity index (χ0v) is 15.8. The maximum absolute atomic E-state index is 12.9. The van der Waals surface area contributed by atoms with Crippen LogP contribution in [-0.4, -0.2) is 20.4 Å². The van der Waals surface area contributed by atoms with E-state index in [4.69, 9.17) is 0 Å². The van der Waals surface area contributed by atoms with Gasteiger partial charge in [0.15, 0.2) is 0 Å². The number of amides is 1. The van der Waals surface area contributed by atoms with Crippen LogP contribution in [0.2, 0.25) is 0 Å². The molecule has 140 valence electrons. The Hall–Kier alpha value is -2.41. The molecule has 0 saturated carbocycles. The molecule has 2 aromatic carbocycles. The Morgan fingerprint density at radius 3 is 2.12 bits per heavy atom.